The molecule has 0 heterocycles. The Morgan fingerprint density at radius 3 is 2.24 bits per heavy atom. The van der Waals surface area contributed by atoms with Crippen molar-refractivity contribution in [1.82, 2.24) is 15.5 Å². The van der Waals surface area contributed by atoms with Crippen molar-refractivity contribution >= 4 is 29.8 Å². The van der Waals surface area contributed by atoms with Crippen LogP contribution in [-0.2, 0) is 28.7 Å². The van der Waals surface area contributed by atoms with Gasteiger partial charge in [0.05, 0.1) is 13.0 Å². The molecule has 0 aliphatic heterocycles. The Labute approximate surface area is 218 Å². The Morgan fingerprint density at radius 2 is 1.70 bits per heavy atom. The van der Waals surface area contributed by atoms with Crippen molar-refractivity contribution in [3.63, 3.8) is 0 Å². The number of primary amides is 1. The summed E-state index contributed by atoms with van der Waals surface area (Å²) < 4.78 is 10.1. The Hall–Kier alpha value is -3.63. The highest BCUT2D eigenvalue weighted by atomic mass is 16.6. The molecule has 0 saturated heterocycles. The third-order valence-electron chi connectivity index (χ3n) is 5.43. The Bertz CT molecular complexity index is 988. The van der Waals surface area contributed by atoms with Crippen molar-refractivity contribution in [3.8, 4) is 0 Å². The molecule has 11 heteroatoms. The van der Waals surface area contributed by atoms with E-state index in [1.54, 1.807) is 39.8 Å². The smallest absolute Gasteiger partial charge is 0.408 e. The first-order valence-corrected chi connectivity index (χ1v) is 12.2. The molecule has 0 spiro atoms. The first-order chi connectivity index (χ1) is 17.2. The summed E-state index contributed by atoms with van der Waals surface area (Å²) in [5.41, 5.74) is 6.92. The molecule has 11 nitrogen and oxygen atoms in total. The predicted octanol–water partition coefficient (Wildman–Crippen LogP) is 2.03. The first kappa shape index (κ1) is 31.4. The van der Waals surface area contributed by atoms with E-state index in [-0.39, 0.29) is 32.4 Å². The van der Waals surface area contributed by atoms with E-state index in [0.717, 1.165) is 11.1 Å². The van der Waals surface area contributed by atoms with E-state index in [1.807, 2.05) is 19.9 Å². The number of carbonyl (C=O) groups is 5. The van der Waals surface area contributed by atoms with Gasteiger partial charge in [-0.15, -0.1) is 0 Å². The average molecular weight is 521 g/mol. The minimum Gasteiger partial charge on any atom is -0.466 e. The fourth-order valence-corrected chi connectivity index (χ4v) is 3.47. The number of hydrogen-bond acceptors (Lipinski definition) is 7. The van der Waals surface area contributed by atoms with Crippen LogP contribution in [0.15, 0.2) is 18.2 Å². The molecule has 2 atom stereocenters. The minimum atomic E-state index is -1.17. The molecule has 0 radical (unpaired) electrons. The van der Waals surface area contributed by atoms with Gasteiger partial charge in [-0.2, -0.15) is 0 Å². The number of carbonyl (C=O) groups excluding carboxylic acids is 5. The van der Waals surface area contributed by atoms with Crippen LogP contribution in [0.4, 0.5) is 4.79 Å². The summed E-state index contributed by atoms with van der Waals surface area (Å²) >= 11 is 0. The lowest BCUT2D eigenvalue weighted by atomic mass is 9.98. The molecule has 0 bridgehead atoms. The molecule has 0 saturated carbocycles. The second-order valence-corrected chi connectivity index (χ2v) is 9.75. The van der Waals surface area contributed by atoms with Gasteiger partial charge in [-0.05, 0) is 64.7 Å². The second-order valence-electron chi connectivity index (χ2n) is 9.75. The number of ether oxygens (including phenoxy) is 2. The molecule has 1 aromatic carbocycles. The number of amides is 4. The summed E-state index contributed by atoms with van der Waals surface area (Å²) in [4.78, 5) is 63.5. The lowest BCUT2D eigenvalue weighted by Crippen LogP contribution is -2.52. The molecule has 0 aliphatic rings. The number of nitrogens with one attached hydrogen (secondary N) is 2. The maximum absolute atomic E-state index is 13.5. The number of nitrogens with two attached hydrogens (primary N) is 1. The van der Waals surface area contributed by atoms with Crippen LogP contribution in [-0.4, -0.2) is 66.5 Å². The van der Waals surface area contributed by atoms with Crippen molar-refractivity contribution < 1.29 is 33.4 Å². The van der Waals surface area contributed by atoms with E-state index < -0.39 is 47.5 Å². The van der Waals surface area contributed by atoms with E-state index in [1.165, 1.54) is 11.9 Å². The van der Waals surface area contributed by atoms with E-state index >= 15 is 0 Å². The quantitative estimate of drug-likeness (QED) is 0.356. The maximum Gasteiger partial charge on any atom is 0.408 e. The van der Waals surface area contributed by atoms with Crippen molar-refractivity contribution in [1.29, 1.82) is 0 Å². The van der Waals surface area contributed by atoms with Gasteiger partial charge in [-0.25, -0.2) is 4.79 Å². The summed E-state index contributed by atoms with van der Waals surface area (Å²) in [5.74, 6) is -2.23. The molecular weight excluding hydrogens is 480 g/mol. The van der Waals surface area contributed by atoms with Gasteiger partial charge in [0.25, 0.3) is 0 Å². The van der Waals surface area contributed by atoms with Crippen LogP contribution in [0.1, 0.15) is 69.7 Å². The van der Waals surface area contributed by atoms with Gasteiger partial charge < -0.3 is 30.7 Å². The molecule has 1 aromatic rings. The number of hydrogen-bond donors (Lipinski definition) is 3. The largest absolute Gasteiger partial charge is 0.466 e. The predicted molar refractivity (Wildman–Crippen MR) is 137 cm³/mol. The topological polar surface area (TPSA) is 157 Å². The number of aryl methyl sites for hydroxylation is 2. The second kappa shape index (κ2) is 14.2. The Balaban J connectivity index is 3.25. The lowest BCUT2D eigenvalue weighted by molar-refractivity contribution is -0.144. The van der Waals surface area contributed by atoms with Crippen LogP contribution in [0.2, 0.25) is 0 Å². The summed E-state index contributed by atoms with van der Waals surface area (Å²) in [7, 11) is 1.43. The first-order valence-electron chi connectivity index (χ1n) is 12.2. The number of rotatable bonds is 12. The van der Waals surface area contributed by atoms with E-state index in [2.05, 4.69) is 10.6 Å². The normalized spacial score (nSPS) is 12.6. The summed E-state index contributed by atoms with van der Waals surface area (Å²) in [5, 5.41) is 5.18. The third-order valence-corrected chi connectivity index (χ3v) is 5.43. The molecule has 0 aliphatic carbocycles. The zero-order valence-corrected chi connectivity index (χ0v) is 22.8. The van der Waals surface area contributed by atoms with Crippen LogP contribution in [0.5, 0.6) is 0 Å². The molecule has 4 amide bonds. The van der Waals surface area contributed by atoms with Crippen LogP contribution in [0, 0.1) is 13.8 Å². The van der Waals surface area contributed by atoms with E-state index in [9.17, 15) is 24.0 Å². The molecule has 206 valence electrons. The van der Waals surface area contributed by atoms with Gasteiger partial charge in [-0.1, -0.05) is 18.2 Å². The molecule has 37 heavy (non-hydrogen) atoms. The van der Waals surface area contributed by atoms with Crippen LogP contribution in [0.3, 0.4) is 0 Å². The highest BCUT2D eigenvalue weighted by molar-refractivity contribution is 5.92. The fourth-order valence-electron chi connectivity index (χ4n) is 3.47. The SMILES string of the molecule is CCOC(=O)CCNC(=O)C(c1ccc(C)c(C)c1)N(C)C(=O)C(CCC(N)=O)NC(=O)OC(C)(C)C. The zero-order valence-electron chi connectivity index (χ0n) is 22.8. The van der Waals surface area contributed by atoms with Crippen molar-refractivity contribution in [2.75, 3.05) is 20.2 Å². The number of esters is 1. The van der Waals surface area contributed by atoms with E-state index in [0.29, 0.717) is 5.56 Å². The van der Waals surface area contributed by atoms with Crippen molar-refractivity contribution in [3.05, 3.63) is 34.9 Å². The van der Waals surface area contributed by atoms with Crippen LogP contribution in [0.25, 0.3) is 0 Å². The average Bonchev–Trinajstić information content (AvgIpc) is 2.77. The van der Waals surface area contributed by atoms with Gasteiger partial charge in [0.1, 0.15) is 17.7 Å². The van der Waals surface area contributed by atoms with Gasteiger partial charge in [0.15, 0.2) is 0 Å². The number of nitrogens with zero attached hydrogens (tertiary/aromatic N) is 1. The third kappa shape index (κ3) is 10.9. The number of benzene rings is 1. The Morgan fingerprint density at radius 1 is 1.05 bits per heavy atom. The molecule has 4 N–H and O–H groups in total. The Kier molecular flexibility index (Phi) is 12.0. The molecular formula is C26H40N4O7. The summed E-state index contributed by atoms with van der Waals surface area (Å²) in [6.07, 6.45) is -1.12. The monoisotopic (exact) mass is 520 g/mol. The minimum absolute atomic E-state index is 0.0162. The maximum atomic E-state index is 13.5. The van der Waals surface area contributed by atoms with Gasteiger partial charge >= 0.3 is 12.1 Å². The number of alkyl carbamates (subject to hydrolysis) is 1. The standard InChI is InChI=1S/C26H40N4O7/c1-8-36-21(32)13-14-28-23(33)22(18-10-9-16(2)17(3)15-18)30(7)24(34)19(11-12-20(27)31)29-25(35)37-26(4,5)6/h9-10,15,19,22H,8,11-14H2,1-7H3,(H2,27,31)(H,28,33)(H,29,35). The van der Waals surface area contributed by atoms with Gasteiger partial charge in [0.2, 0.25) is 17.7 Å². The van der Waals surface area contributed by atoms with E-state index in [4.69, 9.17) is 15.2 Å². The van der Waals surface area contributed by atoms with Gasteiger partial charge in [-0.3, -0.25) is 19.2 Å². The zero-order chi connectivity index (χ0) is 28.3. The van der Waals surface area contributed by atoms with Crippen molar-refractivity contribution in [2.45, 2.75) is 78.5 Å². The van der Waals surface area contributed by atoms with Crippen LogP contribution < -0.4 is 16.4 Å². The van der Waals surface area contributed by atoms with Crippen molar-refractivity contribution in [2.24, 2.45) is 5.73 Å². The highest BCUT2D eigenvalue weighted by Crippen LogP contribution is 2.24. The summed E-state index contributed by atoms with van der Waals surface area (Å²) in [6.45, 7) is 10.8. The number of likely N-dealkylation sites (N-methyl/N-ethyl adjacent to an activating group) is 1. The molecule has 0 aromatic heterocycles. The molecule has 1 rings (SSSR count). The van der Waals surface area contributed by atoms with Gasteiger partial charge in [0, 0.05) is 20.0 Å². The summed E-state index contributed by atoms with van der Waals surface area (Å²) in [6, 6.07) is 3.13. The highest BCUT2D eigenvalue weighted by Gasteiger charge is 2.34. The fraction of sp³-hybridized carbons (Fsp3) is 0.577. The molecule has 0 fully saturated rings. The molecule has 2 unspecified atom stereocenters. The lowest BCUT2D eigenvalue weighted by Gasteiger charge is -2.32. The van der Waals surface area contributed by atoms with Crippen LogP contribution >= 0.6 is 0 Å².